The lowest BCUT2D eigenvalue weighted by molar-refractivity contribution is -0.150. The summed E-state index contributed by atoms with van der Waals surface area (Å²) in [6, 6.07) is 12.4. The van der Waals surface area contributed by atoms with Crippen LogP contribution in [0, 0.1) is 0 Å². The molecule has 1 amide bonds. The van der Waals surface area contributed by atoms with E-state index in [4.69, 9.17) is 25.8 Å². The van der Waals surface area contributed by atoms with Crippen molar-refractivity contribution in [2.45, 2.75) is 13.5 Å². The maximum absolute atomic E-state index is 11.8. The monoisotopic (exact) mass is 403 g/mol. The minimum Gasteiger partial charge on any atom is -0.493 e. The van der Waals surface area contributed by atoms with Crippen molar-refractivity contribution in [3.63, 3.8) is 0 Å². The number of hydrogen-bond donors (Lipinski definition) is 1. The first-order valence-electron chi connectivity index (χ1n) is 8.62. The van der Waals surface area contributed by atoms with Gasteiger partial charge >= 0.3 is 5.97 Å². The molecule has 0 unspecified atom stereocenters. The van der Waals surface area contributed by atoms with Gasteiger partial charge in [0.1, 0.15) is 0 Å². The maximum Gasteiger partial charge on any atom is 0.344 e. The molecule has 0 aromatic heterocycles. The van der Waals surface area contributed by atoms with Gasteiger partial charge in [0, 0.05) is 11.6 Å². The Balaban J connectivity index is 1.74. The van der Waals surface area contributed by atoms with Gasteiger partial charge in [-0.2, -0.15) is 0 Å². The topological polar surface area (TPSA) is 73.9 Å². The van der Waals surface area contributed by atoms with Gasteiger partial charge in [-0.05, 0) is 42.3 Å². The first-order valence-corrected chi connectivity index (χ1v) is 9.00. The van der Waals surface area contributed by atoms with E-state index in [2.05, 4.69) is 5.32 Å². The van der Waals surface area contributed by atoms with E-state index >= 15 is 0 Å². The molecule has 0 saturated carbocycles. The lowest BCUT2D eigenvalue weighted by Crippen LogP contribution is -2.29. The third-order valence-corrected chi connectivity index (χ3v) is 3.91. The smallest absolute Gasteiger partial charge is 0.344 e. The van der Waals surface area contributed by atoms with Gasteiger partial charge in [0.2, 0.25) is 0 Å². The molecular weight excluding hydrogens is 382 g/mol. The Bertz CT molecular complexity index is 833. The fraction of sp³-hybridized carbons (Fsp3) is 0.238. The Morgan fingerprint density at radius 3 is 2.50 bits per heavy atom. The van der Waals surface area contributed by atoms with Crippen LogP contribution < -0.4 is 14.8 Å². The standard InChI is InChI=1S/C21H22ClNO5/c1-3-4-15-7-10-18(19(11-15)26-2)27-14-21(25)28-13-20(24)23-12-16-5-8-17(22)9-6-16/h3-11H,12-14H2,1-2H3,(H,23,24)/b4-3+. The first-order chi connectivity index (χ1) is 13.5. The Hall–Kier alpha value is -2.99. The number of carbonyl (C=O) groups is 2. The summed E-state index contributed by atoms with van der Waals surface area (Å²) < 4.78 is 15.6. The van der Waals surface area contributed by atoms with E-state index in [0.29, 0.717) is 23.1 Å². The minimum atomic E-state index is -0.652. The van der Waals surface area contributed by atoms with Crippen molar-refractivity contribution in [1.82, 2.24) is 5.32 Å². The second-order valence-electron chi connectivity index (χ2n) is 5.76. The van der Waals surface area contributed by atoms with Gasteiger partial charge < -0.3 is 19.5 Å². The Morgan fingerprint density at radius 1 is 1.07 bits per heavy atom. The molecular formula is C21H22ClNO5. The van der Waals surface area contributed by atoms with Crippen LogP contribution in [0.5, 0.6) is 11.5 Å². The van der Waals surface area contributed by atoms with E-state index in [9.17, 15) is 9.59 Å². The predicted molar refractivity (Wildman–Crippen MR) is 107 cm³/mol. The van der Waals surface area contributed by atoms with Crippen LogP contribution in [0.25, 0.3) is 6.08 Å². The fourth-order valence-electron chi connectivity index (χ4n) is 2.28. The van der Waals surface area contributed by atoms with Crippen molar-refractivity contribution in [3.05, 3.63) is 64.7 Å². The van der Waals surface area contributed by atoms with Gasteiger partial charge in [0.15, 0.2) is 24.7 Å². The molecule has 0 fully saturated rings. The van der Waals surface area contributed by atoms with E-state index in [1.807, 2.05) is 25.1 Å². The molecule has 2 aromatic rings. The van der Waals surface area contributed by atoms with Crippen LogP contribution in [0.4, 0.5) is 0 Å². The van der Waals surface area contributed by atoms with Crippen LogP contribution in [-0.4, -0.2) is 32.2 Å². The number of ether oxygens (including phenoxy) is 3. The quantitative estimate of drug-likeness (QED) is 0.647. The van der Waals surface area contributed by atoms with Crippen LogP contribution in [0.2, 0.25) is 5.02 Å². The molecule has 6 nitrogen and oxygen atoms in total. The third-order valence-electron chi connectivity index (χ3n) is 3.66. The zero-order chi connectivity index (χ0) is 20.4. The summed E-state index contributed by atoms with van der Waals surface area (Å²) in [6.45, 7) is 1.52. The van der Waals surface area contributed by atoms with Crippen LogP contribution in [0.1, 0.15) is 18.1 Å². The van der Waals surface area contributed by atoms with Gasteiger partial charge in [-0.25, -0.2) is 4.79 Å². The van der Waals surface area contributed by atoms with Crippen molar-refractivity contribution in [3.8, 4) is 11.5 Å². The van der Waals surface area contributed by atoms with Gasteiger partial charge in [-0.3, -0.25) is 4.79 Å². The molecule has 2 rings (SSSR count). The van der Waals surface area contributed by atoms with Crippen molar-refractivity contribution < 1.29 is 23.8 Å². The molecule has 0 spiro atoms. The van der Waals surface area contributed by atoms with Gasteiger partial charge in [0.25, 0.3) is 5.91 Å². The number of amides is 1. The highest BCUT2D eigenvalue weighted by atomic mass is 35.5. The fourth-order valence-corrected chi connectivity index (χ4v) is 2.40. The summed E-state index contributed by atoms with van der Waals surface area (Å²) in [5.41, 5.74) is 1.84. The molecule has 2 aromatic carbocycles. The molecule has 0 aliphatic rings. The Labute approximate surface area is 169 Å². The zero-order valence-corrected chi connectivity index (χ0v) is 16.5. The summed E-state index contributed by atoms with van der Waals surface area (Å²) in [5, 5.41) is 3.28. The number of rotatable bonds is 9. The Kier molecular flexibility index (Phi) is 8.37. The number of nitrogens with one attached hydrogen (secondary N) is 1. The van der Waals surface area contributed by atoms with Gasteiger partial charge in [0.05, 0.1) is 7.11 Å². The summed E-state index contributed by atoms with van der Waals surface area (Å²) in [7, 11) is 1.52. The normalized spacial score (nSPS) is 10.5. The van der Waals surface area contributed by atoms with E-state index in [1.54, 1.807) is 36.4 Å². The van der Waals surface area contributed by atoms with E-state index < -0.39 is 11.9 Å². The number of carbonyl (C=O) groups excluding carboxylic acids is 2. The van der Waals surface area contributed by atoms with E-state index in [0.717, 1.165) is 11.1 Å². The first kappa shape index (κ1) is 21.3. The number of hydrogen-bond acceptors (Lipinski definition) is 5. The van der Waals surface area contributed by atoms with Crippen LogP contribution in [0.15, 0.2) is 48.5 Å². The van der Waals surface area contributed by atoms with Gasteiger partial charge in [-0.1, -0.05) is 42.0 Å². The summed E-state index contributed by atoms with van der Waals surface area (Å²) in [4.78, 5) is 23.6. The Morgan fingerprint density at radius 2 is 1.82 bits per heavy atom. The molecule has 0 aliphatic carbocycles. The highest BCUT2D eigenvalue weighted by Crippen LogP contribution is 2.28. The van der Waals surface area contributed by atoms with Crippen molar-refractivity contribution in [2.24, 2.45) is 0 Å². The summed E-state index contributed by atoms with van der Waals surface area (Å²) in [5.74, 6) is -0.137. The average molecular weight is 404 g/mol. The highest BCUT2D eigenvalue weighted by molar-refractivity contribution is 6.30. The second kappa shape index (κ2) is 11.0. The summed E-state index contributed by atoms with van der Waals surface area (Å²) in [6.07, 6.45) is 3.83. The molecule has 0 heterocycles. The van der Waals surface area contributed by atoms with Crippen LogP contribution in [0.3, 0.4) is 0 Å². The van der Waals surface area contributed by atoms with E-state index in [-0.39, 0.29) is 13.2 Å². The number of methoxy groups -OCH3 is 1. The second-order valence-corrected chi connectivity index (χ2v) is 6.20. The lowest BCUT2D eigenvalue weighted by Gasteiger charge is -2.11. The maximum atomic E-state index is 11.8. The van der Waals surface area contributed by atoms with Crippen molar-refractivity contribution >= 4 is 29.6 Å². The number of benzene rings is 2. The number of allylic oxidation sites excluding steroid dienone is 1. The number of halogens is 1. The number of esters is 1. The zero-order valence-electron chi connectivity index (χ0n) is 15.7. The third kappa shape index (κ3) is 6.96. The highest BCUT2D eigenvalue weighted by Gasteiger charge is 2.11. The molecule has 0 saturated heterocycles. The molecule has 0 radical (unpaired) electrons. The SMILES string of the molecule is C/C=C/c1ccc(OCC(=O)OCC(=O)NCc2ccc(Cl)cc2)c(OC)c1. The molecule has 1 N–H and O–H groups in total. The van der Waals surface area contributed by atoms with Crippen LogP contribution >= 0.6 is 11.6 Å². The molecule has 148 valence electrons. The molecule has 7 heteroatoms. The predicted octanol–water partition coefficient (Wildman–Crippen LogP) is 3.62. The van der Waals surface area contributed by atoms with Gasteiger partial charge in [-0.15, -0.1) is 0 Å². The molecule has 0 atom stereocenters. The molecule has 28 heavy (non-hydrogen) atoms. The van der Waals surface area contributed by atoms with Crippen LogP contribution in [-0.2, 0) is 20.9 Å². The molecule has 0 bridgehead atoms. The largest absolute Gasteiger partial charge is 0.493 e. The molecule has 0 aliphatic heterocycles. The van der Waals surface area contributed by atoms with Crippen molar-refractivity contribution in [1.29, 1.82) is 0 Å². The van der Waals surface area contributed by atoms with Crippen molar-refractivity contribution in [2.75, 3.05) is 20.3 Å². The van der Waals surface area contributed by atoms with E-state index in [1.165, 1.54) is 7.11 Å². The average Bonchev–Trinajstić information content (AvgIpc) is 2.71. The lowest BCUT2D eigenvalue weighted by atomic mass is 10.2. The summed E-state index contributed by atoms with van der Waals surface area (Å²) >= 11 is 5.81. The minimum absolute atomic E-state index is 0.319.